The lowest BCUT2D eigenvalue weighted by Gasteiger charge is -2.29. The molecule has 116 valence electrons. The molecule has 0 aliphatic carbocycles. The normalized spacial score (nSPS) is 22.9. The Bertz CT molecular complexity index is 485. The van der Waals surface area contributed by atoms with Crippen LogP contribution in [0.2, 0.25) is 0 Å². The molecule has 2 rings (SSSR count). The maximum absolute atomic E-state index is 12.4. The number of rotatable bonds is 3. The molecule has 1 saturated heterocycles. The van der Waals surface area contributed by atoms with Crippen LogP contribution in [0.15, 0.2) is 24.3 Å². The molecule has 0 aromatic heterocycles. The van der Waals surface area contributed by atoms with Gasteiger partial charge in [-0.05, 0) is 50.5 Å². The number of hydrogen-bond acceptors (Lipinski definition) is 1. The maximum Gasteiger partial charge on any atom is 0.416 e. The van der Waals surface area contributed by atoms with Crippen LogP contribution in [0, 0.1) is 0 Å². The minimum Gasteiger partial charge on any atom is -0.325 e. The van der Waals surface area contributed by atoms with Gasteiger partial charge in [0.15, 0.2) is 6.54 Å². The van der Waals surface area contributed by atoms with E-state index in [0.717, 1.165) is 31.5 Å². The predicted molar refractivity (Wildman–Crippen MR) is 74.1 cm³/mol. The fourth-order valence-electron chi connectivity index (χ4n) is 2.67. The second-order valence-electron chi connectivity index (χ2n) is 5.61. The molecule has 0 radical (unpaired) electrons. The van der Waals surface area contributed by atoms with E-state index in [1.54, 1.807) is 0 Å². The van der Waals surface area contributed by atoms with Crippen LogP contribution in [0.5, 0.6) is 0 Å². The first-order valence-corrected chi connectivity index (χ1v) is 7.18. The molecule has 1 amide bonds. The number of quaternary nitrogens is 1. The van der Waals surface area contributed by atoms with E-state index in [4.69, 9.17) is 0 Å². The van der Waals surface area contributed by atoms with Gasteiger partial charge < -0.3 is 10.2 Å². The van der Waals surface area contributed by atoms with Gasteiger partial charge in [0.25, 0.3) is 5.91 Å². The van der Waals surface area contributed by atoms with Crippen LogP contribution in [-0.4, -0.2) is 25.0 Å². The summed E-state index contributed by atoms with van der Waals surface area (Å²) in [4.78, 5) is 13.2. The first kappa shape index (κ1) is 15.8. The van der Waals surface area contributed by atoms with E-state index in [0.29, 0.717) is 18.3 Å². The van der Waals surface area contributed by atoms with Gasteiger partial charge in [0.1, 0.15) is 0 Å². The summed E-state index contributed by atoms with van der Waals surface area (Å²) in [6.45, 7) is 3.46. The third-order valence-corrected chi connectivity index (χ3v) is 3.97. The highest BCUT2D eigenvalue weighted by atomic mass is 19.4. The summed E-state index contributed by atoms with van der Waals surface area (Å²) in [6, 6.07) is 4.99. The molecule has 0 saturated carbocycles. The molecule has 2 atom stereocenters. The van der Waals surface area contributed by atoms with Gasteiger partial charge in [0.2, 0.25) is 0 Å². The van der Waals surface area contributed by atoms with Gasteiger partial charge in [-0.3, -0.25) is 4.79 Å². The number of anilines is 1. The van der Waals surface area contributed by atoms with Crippen LogP contribution in [0.1, 0.15) is 31.7 Å². The van der Waals surface area contributed by atoms with E-state index < -0.39 is 11.7 Å². The summed E-state index contributed by atoms with van der Waals surface area (Å²) in [7, 11) is 0. The van der Waals surface area contributed by atoms with E-state index >= 15 is 0 Å². The van der Waals surface area contributed by atoms with Crippen molar-refractivity contribution in [3.63, 3.8) is 0 Å². The Labute approximate surface area is 122 Å². The number of carbonyl (C=O) groups is 1. The van der Waals surface area contributed by atoms with Gasteiger partial charge >= 0.3 is 6.18 Å². The summed E-state index contributed by atoms with van der Waals surface area (Å²) in [6.07, 6.45) is -0.919. The zero-order chi connectivity index (χ0) is 15.5. The Morgan fingerprint density at radius 1 is 1.29 bits per heavy atom. The molecule has 1 aliphatic heterocycles. The first-order valence-electron chi connectivity index (χ1n) is 7.18. The van der Waals surface area contributed by atoms with Crippen molar-refractivity contribution in [3.05, 3.63) is 29.8 Å². The van der Waals surface area contributed by atoms with Crippen LogP contribution in [0.25, 0.3) is 0 Å². The average Bonchev–Trinajstić information content (AvgIpc) is 2.41. The highest BCUT2D eigenvalue weighted by Gasteiger charge is 2.30. The van der Waals surface area contributed by atoms with Crippen LogP contribution < -0.4 is 10.2 Å². The zero-order valence-corrected chi connectivity index (χ0v) is 12.0. The highest BCUT2D eigenvalue weighted by Crippen LogP contribution is 2.29. The van der Waals surface area contributed by atoms with Crippen molar-refractivity contribution in [2.45, 2.75) is 38.4 Å². The Hall–Kier alpha value is -1.56. The van der Waals surface area contributed by atoms with E-state index in [-0.39, 0.29) is 5.91 Å². The minimum absolute atomic E-state index is 0.154. The summed E-state index contributed by atoms with van der Waals surface area (Å²) >= 11 is 0. The third-order valence-electron chi connectivity index (χ3n) is 3.97. The first-order chi connectivity index (χ1) is 9.86. The maximum atomic E-state index is 12.4. The van der Waals surface area contributed by atoms with Crippen molar-refractivity contribution in [1.29, 1.82) is 0 Å². The highest BCUT2D eigenvalue weighted by molar-refractivity contribution is 5.91. The summed E-state index contributed by atoms with van der Waals surface area (Å²) in [5, 5.41) is 2.66. The Morgan fingerprint density at radius 2 is 1.95 bits per heavy atom. The van der Waals surface area contributed by atoms with E-state index in [2.05, 4.69) is 12.2 Å². The smallest absolute Gasteiger partial charge is 0.325 e. The summed E-state index contributed by atoms with van der Waals surface area (Å²) < 4.78 is 37.3. The molecule has 6 heteroatoms. The largest absolute Gasteiger partial charge is 0.416 e. The van der Waals surface area contributed by atoms with Crippen molar-refractivity contribution in [1.82, 2.24) is 0 Å². The lowest BCUT2D eigenvalue weighted by Crippen LogP contribution is -3.17. The monoisotopic (exact) mass is 301 g/mol. The standard InChI is InChI=1S/C15H19F3N2O/c1-11-4-2-3-9-20(11)10-14(21)19-13-7-5-12(6-8-13)15(16,17)18/h5-8,11H,2-4,9-10H2,1H3,(H,19,21)/p+1/t11-/m0/s1. The number of benzene rings is 1. The number of carbonyl (C=O) groups excluding carboxylic acids is 1. The van der Waals surface area contributed by atoms with Gasteiger partial charge in [-0.2, -0.15) is 13.2 Å². The molecule has 1 heterocycles. The van der Waals surface area contributed by atoms with Crippen LogP contribution in [0.4, 0.5) is 18.9 Å². The van der Waals surface area contributed by atoms with Crippen molar-refractivity contribution in [2.75, 3.05) is 18.4 Å². The van der Waals surface area contributed by atoms with Crippen LogP contribution in [-0.2, 0) is 11.0 Å². The topological polar surface area (TPSA) is 33.5 Å². The van der Waals surface area contributed by atoms with Gasteiger partial charge in [-0.15, -0.1) is 0 Å². The van der Waals surface area contributed by atoms with Crippen molar-refractivity contribution < 1.29 is 22.9 Å². The lowest BCUT2D eigenvalue weighted by molar-refractivity contribution is -0.920. The molecule has 1 aromatic rings. The number of piperidine rings is 1. The number of hydrogen-bond donors (Lipinski definition) is 2. The van der Waals surface area contributed by atoms with Gasteiger partial charge in [-0.1, -0.05) is 0 Å². The number of alkyl halides is 3. The van der Waals surface area contributed by atoms with Gasteiger partial charge in [0, 0.05) is 5.69 Å². The minimum atomic E-state index is -4.35. The lowest BCUT2D eigenvalue weighted by atomic mass is 10.0. The summed E-state index contributed by atoms with van der Waals surface area (Å²) in [5.74, 6) is -0.154. The number of halogens is 3. The number of amides is 1. The molecule has 1 aliphatic rings. The van der Waals surface area contributed by atoms with Crippen LogP contribution >= 0.6 is 0 Å². The molecule has 2 N–H and O–H groups in total. The van der Waals surface area contributed by atoms with E-state index in [1.807, 2.05) is 0 Å². The molecule has 3 nitrogen and oxygen atoms in total. The molecule has 21 heavy (non-hydrogen) atoms. The SMILES string of the molecule is C[C@H]1CCCC[NH+]1CC(=O)Nc1ccc(C(F)(F)F)cc1. The zero-order valence-electron chi connectivity index (χ0n) is 12.0. The van der Waals surface area contributed by atoms with Gasteiger partial charge in [-0.25, -0.2) is 0 Å². The average molecular weight is 301 g/mol. The van der Waals surface area contributed by atoms with Crippen molar-refractivity contribution in [3.8, 4) is 0 Å². The third kappa shape index (κ3) is 4.46. The second-order valence-corrected chi connectivity index (χ2v) is 5.61. The Kier molecular flexibility index (Phi) is 4.88. The second kappa shape index (κ2) is 6.47. The molecule has 0 spiro atoms. The fraction of sp³-hybridized carbons (Fsp3) is 0.533. The molecular formula is C15H20F3N2O+. The molecule has 0 bridgehead atoms. The molecule has 1 unspecified atom stereocenters. The van der Waals surface area contributed by atoms with Crippen molar-refractivity contribution in [2.24, 2.45) is 0 Å². The van der Waals surface area contributed by atoms with E-state index in [1.165, 1.54) is 23.5 Å². The summed E-state index contributed by atoms with van der Waals surface area (Å²) in [5.41, 5.74) is -0.312. The predicted octanol–water partition coefficient (Wildman–Crippen LogP) is 2.10. The molecular weight excluding hydrogens is 281 g/mol. The molecule has 1 aromatic carbocycles. The number of nitrogens with one attached hydrogen (secondary N) is 2. The van der Waals surface area contributed by atoms with Crippen molar-refractivity contribution >= 4 is 11.6 Å². The Balaban J connectivity index is 1.90. The molecule has 1 fully saturated rings. The fourth-order valence-corrected chi connectivity index (χ4v) is 2.67. The van der Waals surface area contributed by atoms with Crippen LogP contribution in [0.3, 0.4) is 0 Å². The number of likely N-dealkylation sites (tertiary alicyclic amines) is 1. The van der Waals surface area contributed by atoms with Gasteiger partial charge in [0.05, 0.1) is 18.2 Å². The Morgan fingerprint density at radius 3 is 2.52 bits per heavy atom. The van der Waals surface area contributed by atoms with E-state index in [9.17, 15) is 18.0 Å². The quantitative estimate of drug-likeness (QED) is 0.881.